The molecule has 0 fully saturated rings. The van der Waals surface area contributed by atoms with E-state index in [1.54, 1.807) is 19.2 Å². The van der Waals surface area contributed by atoms with Crippen LogP contribution in [-0.4, -0.2) is 12.2 Å². The molecule has 7 heteroatoms. The molecule has 0 aliphatic carbocycles. The Labute approximate surface area is 118 Å². The van der Waals surface area contributed by atoms with Gasteiger partial charge in [-0.1, -0.05) is 25.7 Å². The normalized spacial score (nSPS) is 21.0. The van der Waals surface area contributed by atoms with Crippen LogP contribution in [0.15, 0.2) is 18.2 Å². The van der Waals surface area contributed by atoms with Crippen LogP contribution in [-0.2, 0) is 5.54 Å². The molecule has 0 saturated heterocycles. The lowest BCUT2D eigenvalue weighted by Crippen LogP contribution is -2.59. The van der Waals surface area contributed by atoms with E-state index in [0.29, 0.717) is 0 Å². The van der Waals surface area contributed by atoms with Gasteiger partial charge in [-0.05, 0) is 18.2 Å². The molecule has 0 spiro atoms. The van der Waals surface area contributed by atoms with E-state index in [0.717, 1.165) is 18.2 Å². The number of benzene rings is 1. The van der Waals surface area contributed by atoms with Crippen LogP contribution in [0.4, 0.5) is 28.0 Å². The first-order chi connectivity index (χ1) is 9.65. The van der Waals surface area contributed by atoms with Crippen LogP contribution < -0.4 is 10.6 Å². The first-order valence-electron chi connectivity index (χ1n) is 6.14. The smallest absolute Gasteiger partial charge is 0.310 e. The van der Waals surface area contributed by atoms with Gasteiger partial charge in [0.25, 0.3) is 0 Å². The molecule has 1 aromatic rings. The van der Waals surface area contributed by atoms with Gasteiger partial charge >= 0.3 is 12.2 Å². The molecule has 2 amide bonds. The van der Waals surface area contributed by atoms with Gasteiger partial charge in [0.05, 0.1) is 0 Å². The molecule has 0 bridgehead atoms. The van der Waals surface area contributed by atoms with E-state index in [1.165, 1.54) is 0 Å². The molecule has 2 N–H and O–H groups in total. The van der Waals surface area contributed by atoms with Crippen LogP contribution in [0.2, 0.25) is 0 Å². The topological polar surface area (TPSA) is 41.1 Å². The molecule has 1 heterocycles. The van der Waals surface area contributed by atoms with Crippen molar-refractivity contribution in [2.24, 2.45) is 5.92 Å². The summed E-state index contributed by atoms with van der Waals surface area (Å²) in [4.78, 5) is 11.5. The third kappa shape index (κ3) is 2.66. The number of rotatable bonds is 0. The van der Waals surface area contributed by atoms with E-state index in [1.807, 2.05) is 0 Å². The fourth-order valence-electron chi connectivity index (χ4n) is 1.97. The van der Waals surface area contributed by atoms with Crippen LogP contribution in [0.1, 0.15) is 19.4 Å². The minimum Gasteiger partial charge on any atom is -0.310 e. The number of alkyl halides is 3. The largest absolute Gasteiger partial charge is 0.427 e. The summed E-state index contributed by atoms with van der Waals surface area (Å²) in [5.74, 6) is 3.30. The van der Waals surface area contributed by atoms with Gasteiger partial charge < -0.3 is 10.6 Å². The molecule has 1 aliphatic rings. The number of anilines is 1. The molecule has 0 unspecified atom stereocenters. The van der Waals surface area contributed by atoms with Crippen molar-refractivity contribution in [3.63, 3.8) is 0 Å². The van der Waals surface area contributed by atoms with Gasteiger partial charge in [-0.3, -0.25) is 0 Å². The standard InChI is InChI=1S/C14H12F4N2O/c1-8(2)5-6-13(14(16,17)18)10-7-9(15)3-4-11(10)19-12(21)20-13/h3-4,7-8H,1-2H3,(H2,19,20,21)/t13-/m0/s1. The van der Waals surface area contributed by atoms with E-state index in [2.05, 4.69) is 17.2 Å². The predicted molar refractivity (Wildman–Crippen MR) is 68.9 cm³/mol. The van der Waals surface area contributed by atoms with Gasteiger partial charge in [0.2, 0.25) is 5.54 Å². The third-order valence-electron chi connectivity index (χ3n) is 2.91. The Balaban J connectivity index is 2.75. The summed E-state index contributed by atoms with van der Waals surface area (Å²) in [7, 11) is 0. The lowest BCUT2D eigenvalue weighted by Gasteiger charge is -2.37. The Kier molecular flexibility index (Phi) is 3.58. The number of hydrogen-bond donors (Lipinski definition) is 2. The molecule has 21 heavy (non-hydrogen) atoms. The van der Waals surface area contributed by atoms with Crippen LogP contribution >= 0.6 is 0 Å². The molecule has 0 aromatic heterocycles. The van der Waals surface area contributed by atoms with Crippen molar-refractivity contribution in [3.05, 3.63) is 29.6 Å². The second kappa shape index (κ2) is 4.95. The Bertz CT molecular complexity index is 643. The van der Waals surface area contributed by atoms with Crippen molar-refractivity contribution in [1.29, 1.82) is 0 Å². The molecule has 1 atom stereocenters. The zero-order valence-electron chi connectivity index (χ0n) is 11.2. The number of hydrogen-bond acceptors (Lipinski definition) is 1. The predicted octanol–water partition coefficient (Wildman–Crippen LogP) is 3.38. The number of carbonyl (C=O) groups is 1. The van der Waals surface area contributed by atoms with Gasteiger partial charge in [-0.25, -0.2) is 9.18 Å². The lowest BCUT2D eigenvalue weighted by molar-refractivity contribution is -0.178. The zero-order valence-corrected chi connectivity index (χ0v) is 11.2. The number of halogens is 4. The first-order valence-corrected chi connectivity index (χ1v) is 6.14. The summed E-state index contributed by atoms with van der Waals surface area (Å²) < 4.78 is 54.1. The van der Waals surface area contributed by atoms with Crippen molar-refractivity contribution in [1.82, 2.24) is 5.32 Å². The van der Waals surface area contributed by atoms with E-state index in [9.17, 15) is 22.4 Å². The lowest BCUT2D eigenvalue weighted by atomic mass is 9.86. The third-order valence-corrected chi connectivity index (χ3v) is 2.91. The van der Waals surface area contributed by atoms with Gasteiger partial charge in [0.1, 0.15) is 5.82 Å². The quantitative estimate of drug-likeness (QED) is 0.560. The molecule has 1 aliphatic heterocycles. The molecule has 3 nitrogen and oxygen atoms in total. The number of carbonyl (C=O) groups excluding carboxylic acids is 1. The molecule has 1 aromatic carbocycles. The second-order valence-electron chi connectivity index (χ2n) is 4.94. The van der Waals surface area contributed by atoms with Crippen molar-refractivity contribution < 1.29 is 22.4 Å². The molecule has 0 radical (unpaired) electrons. The highest BCUT2D eigenvalue weighted by Gasteiger charge is 2.59. The Hall–Kier alpha value is -2.23. The number of fused-ring (bicyclic) bond motifs is 1. The minimum absolute atomic E-state index is 0.115. The average Bonchev–Trinajstić information content (AvgIpc) is 2.35. The van der Waals surface area contributed by atoms with Crippen molar-refractivity contribution in [3.8, 4) is 11.8 Å². The van der Waals surface area contributed by atoms with Crippen LogP contribution in [0.25, 0.3) is 0 Å². The van der Waals surface area contributed by atoms with Gasteiger partial charge in [0, 0.05) is 17.2 Å². The summed E-state index contributed by atoms with van der Waals surface area (Å²) in [6, 6.07) is 1.75. The van der Waals surface area contributed by atoms with Gasteiger partial charge in [-0.15, -0.1) is 0 Å². The van der Waals surface area contributed by atoms with Crippen LogP contribution in [0.5, 0.6) is 0 Å². The summed E-state index contributed by atoms with van der Waals surface area (Å²) in [6.07, 6.45) is -4.89. The van der Waals surface area contributed by atoms with Crippen molar-refractivity contribution >= 4 is 11.7 Å². The molecule has 0 saturated carbocycles. The monoisotopic (exact) mass is 300 g/mol. The van der Waals surface area contributed by atoms with Crippen molar-refractivity contribution in [2.75, 3.05) is 5.32 Å². The molecule has 2 rings (SSSR count). The minimum atomic E-state index is -4.89. The fourth-order valence-corrected chi connectivity index (χ4v) is 1.97. The van der Waals surface area contributed by atoms with Gasteiger partial charge in [-0.2, -0.15) is 13.2 Å². The van der Waals surface area contributed by atoms with Crippen LogP contribution in [0.3, 0.4) is 0 Å². The Morgan fingerprint density at radius 2 is 1.95 bits per heavy atom. The highest BCUT2D eigenvalue weighted by molar-refractivity contribution is 5.94. The summed E-state index contributed by atoms with van der Waals surface area (Å²) in [5, 5.41) is 4.01. The first kappa shape index (κ1) is 15.2. The molecular formula is C14H12F4N2O. The summed E-state index contributed by atoms with van der Waals surface area (Å²) in [6.45, 7) is 3.24. The van der Waals surface area contributed by atoms with E-state index >= 15 is 0 Å². The summed E-state index contributed by atoms with van der Waals surface area (Å²) >= 11 is 0. The molecular weight excluding hydrogens is 288 g/mol. The van der Waals surface area contributed by atoms with Crippen molar-refractivity contribution in [2.45, 2.75) is 25.6 Å². The number of amides is 2. The fraction of sp³-hybridized carbons (Fsp3) is 0.357. The maximum Gasteiger partial charge on any atom is 0.427 e. The summed E-state index contributed by atoms with van der Waals surface area (Å²) in [5.41, 5.74) is -3.49. The van der Waals surface area contributed by atoms with E-state index in [-0.39, 0.29) is 11.6 Å². The number of nitrogens with one attached hydrogen (secondary N) is 2. The highest BCUT2D eigenvalue weighted by atomic mass is 19.4. The van der Waals surface area contributed by atoms with E-state index < -0.39 is 29.1 Å². The molecule has 112 valence electrons. The Morgan fingerprint density at radius 1 is 1.29 bits per heavy atom. The average molecular weight is 300 g/mol. The maximum absolute atomic E-state index is 13.6. The SMILES string of the molecule is CC(C)C#C[C@]1(C(F)(F)F)NC(=O)Nc2ccc(F)cc21. The second-order valence-corrected chi connectivity index (χ2v) is 4.94. The zero-order chi connectivity index (χ0) is 15.8. The highest BCUT2D eigenvalue weighted by Crippen LogP contribution is 2.43. The maximum atomic E-state index is 13.6. The number of urea groups is 1. The van der Waals surface area contributed by atoms with E-state index in [4.69, 9.17) is 0 Å². The van der Waals surface area contributed by atoms with Crippen LogP contribution in [0, 0.1) is 23.6 Å². The Morgan fingerprint density at radius 3 is 2.52 bits per heavy atom. The van der Waals surface area contributed by atoms with Gasteiger partial charge in [0.15, 0.2) is 0 Å².